The Hall–Kier alpha value is -0.0800. The Labute approximate surface area is 138 Å². The molecule has 2 rings (SSSR count). The highest BCUT2D eigenvalue weighted by atomic mass is 16.6. The van der Waals surface area contributed by atoms with E-state index in [0.717, 1.165) is 25.9 Å². The van der Waals surface area contributed by atoms with Crippen LogP contribution in [0.3, 0.4) is 0 Å². The van der Waals surface area contributed by atoms with Crippen molar-refractivity contribution >= 4 is 0 Å². The fourth-order valence-corrected chi connectivity index (χ4v) is 5.10. The Morgan fingerprint density at radius 3 is 1.27 bits per heavy atom. The first-order chi connectivity index (χ1) is 10.1. The van der Waals surface area contributed by atoms with Crippen LogP contribution in [0.5, 0.6) is 0 Å². The van der Waals surface area contributed by atoms with Crippen LogP contribution in [0.2, 0.25) is 0 Å². The summed E-state index contributed by atoms with van der Waals surface area (Å²) in [5, 5.41) is 0. The third kappa shape index (κ3) is 2.75. The van der Waals surface area contributed by atoms with Crippen molar-refractivity contribution in [2.45, 2.75) is 97.9 Å². The van der Waals surface area contributed by atoms with Gasteiger partial charge < -0.3 is 9.47 Å². The topological polar surface area (TPSA) is 18.5 Å². The van der Waals surface area contributed by atoms with Gasteiger partial charge in [0.15, 0.2) is 0 Å². The van der Waals surface area contributed by atoms with Crippen molar-refractivity contribution in [1.82, 2.24) is 0 Å². The Bertz CT molecular complexity index is 355. The first kappa shape index (κ1) is 18.3. The fraction of sp³-hybridized carbons (Fsp3) is 1.00. The number of rotatable bonds is 4. The maximum absolute atomic E-state index is 6.83. The first-order valence-electron chi connectivity index (χ1n) is 9.44. The number of hydrogen-bond acceptors (Lipinski definition) is 2. The summed E-state index contributed by atoms with van der Waals surface area (Å²) in [5.41, 5.74) is 0.0519. The molecule has 1 atom stereocenters. The van der Waals surface area contributed by atoms with E-state index in [1.807, 2.05) is 0 Å². The van der Waals surface area contributed by atoms with Crippen LogP contribution in [0, 0.1) is 23.7 Å². The minimum atomic E-state index is -0.0260. The van der Waals surface area contributed by atoms with Crippen molar-refractivity contribution in [1.29, 1.82) is 0 Å². The SMILES string of the molecule is CC(C)C1(C(C)C)CCC2(CCC(C(C)C)(C(C)C)O2)CO1. The first-order valence-corrected chi connectivity index (χ1v) is 9.44. The highest BCUT2D eigenvalue weighted by Gasteiger charge is 2.56. The number of hydrogen-bond donors (Lipinski definition) is 0. The van der Waals surface area contributed by atoms with Gasteiger partial charge in [-0.3, -0.25) is 0 Å². The van der Waals surface area contributed by atoms with Gasteiger partial charge in [-0.15, -0.1) is 0 Å². The molecule has 0 aromatic heterocycles. The Morgan fingerprint density at radius 2 is 1.00 bits per heavy atom. The third-order valence-corrected chi connectivity index (χ3v) is 6.86. The van der Waals surface area contributed by atoms with E-state index in [9.17, 15) is 0 Å². The van der Waals surface area contributed by atoms with Crippen molar-refractivity contribution < 1.29 is 9.47 Å². The van der Waals surface area contributed by atoms with Crippen LogP contribution in [-0.4, -0.2) is 23.4 Å². The van der Waals surface area contributed by atoms with Crippen molar-refractivity contribution in [3.8, 4) is 0 Å². The van der Waals surface area contributed by atoms with Gasteiger partial charge in [-0.25, -0.2) is 0 Å². The van der Waals surface area contributed by atoms with Crippen LogP contribution in [0.1, 0.15) is 81.1 Å². The lowest BCUT2D eigenvalue weighted by Crippen LogP contribution is -2.55. The lowest BCUT2D eigenvalue weighted by molar-refractivity contribution is -0.240. The molecule has 0 aromatic carbocycles. The van der Waals surface area contributed by atoms with Gasteiger partial charge in [0.1, 0.15) is 0 Å². The zero-order valence-electron chi connectivity index (χ0n) is 16.2. The second kappa shape index (κ2) is 6.09. The monoisotopic (exact) mass is 310 g/mol. The Balaban J connectivity index is 2.15. The average molecular weight is 311 g/mol. The highest BCUT2D eigenvalue weighted by Crippen LogP contribution is 2.52. The van der Waals surface area contributed by atoms with Crippen molar-refractivity contribution in [3.05, 3.63) is 0 Å². The Morgan fingerprint density at radius 1 is 0.591 bits per heavy atom. The number of ether oxygens (including phenoxy) is 2. The second-order valence-electron chi connectivity index (χ2n) is 9.10. The van der Waals surface area contributed by atoms with Gasteiger partial charge in [-0.2, -0.15) is 0 Å². The molecule has 2 fully saturated rings. The summed E-state index contributed by atoms with van der Waals surface area (Å²) in [6.45, 7) is 19.3. The van der Waals surface area contributed by atoms with E-state index in [1.165, 1.54) is 6.42 Å². The minimum Gasteiger partial charge on any atom is -0.371 e. The summed E-state index contributed by atoms with van der Waals surface area (Å²) in [4.78, 5) is 0. The predicted octanol–water partition coefficient (Wildman–Crippen LogP) is 5.45. The van der Waals surface area contributed by atoms with E-state index in [4.69, 9.17) is 9.47 Å². The van der Waals surface area contributed by atoms with E-state index in [1.54, 1.807) is 0 Å². The molecule has 0 N–H and O–H groups in total. The molecule has 0 radical (unpaired) electrons. The standard InChI is InChI=1S/C20H38O2/c1-14(2)19(15(3)4)11-9-18(13-21-19)10-12-20(22-18,16(5)6)17(7)8/h14-17H,9-13H2,1-8H3. The fourth-order valence-electron chi connectivity index (χ4n) is 5.10. The highest BCUT2D eigenvalue weighted by molar-refractivity contribution is 5.05. The summed E-state index contributed by atoms with van der Waals surface area (Å²) >= 11 is 0. The van der Waals surface area contributed by atoms with Gasteiger partial charge in [0.2, 0.25) is 0 Å². The van der Waals surface area contributed by atoms with E-state index >= 15 is 0 Å². The maximum atomic E-state index is 6.83. The summed E-state index contributed by atoms with van der Waals surface area (Å²) in [5.74, 6) is 2.25. The molecule has 0 amide bonds. The summed E-state index contributed by atoms with van der Waals surface area (Å²) in [7, 11) is 0. The molecule has 2 aliphatic heterocycles. The molecule has 2 aliphatic rings. The molecule has 22 heavy (non-hydrogen) atoms. The third-order valence-electron chi connectivity index (χ3n) is 6.86. The molecule has 1 unspecified atom stereocenters. The van der Waals surface area contributed by atoms with Crippen molar-refractivity contribution in [2.24, 2.45) is 23.7 Å². The summed E-state index contributed by atoms with van der Waals surface area (Å²) in [6, 6.07) is 0. The van der Waals surface area contributed by atoms with Crippen LogP contribution in [0.15, 0.2) is 0 Å². The van der Waals surface area contributed by atoms with Gasteiger partial charge >= 0.3 is 0 Å². The van der Waals surface area contributed by atoms with Gasteiger partial charge in [-0.05, 0) is 49.4 Å². The molecule has 0 bridgehead atoms. The van der Waals surface area contributed by atoms with Crippen LogP contribution in [0.25, 0.3) is 0 Å². The summed E-state index contributed by atoms with van der Waals surface area (Å²) in [6.07, 6.45) is 4.64. The maximum Gasteiger partial charge on any atom is 0.0925 e. The van der Waals surface area contributed by atoms with E-state index in [-0.39, 0.29) is 16.8 Å². The molecule has 2 nitrogen and oxygen atoms in total. The smallest absolute Gasteiger partial charge is 0.0925 e. The zero-order valence-corrected chi connectivity index (χ0v) is 16.2. The second-order valence-corrected chi connectivity index (χ2v) is 9.10. The van der Waals surface area contributed by atoms with Gasteiger partial charge in [0.05, 0.1) is 23.4 Å². The quantitative estimate of drug-likeness (QED) is 0.687. The van der Waals surface area contributed by atoms with Crippen LogP contribution < -0.4 is 0 Å². The zero-order chi connectivity index (χ0) is 16.8. The largest absolute Gasteiger partial charge is 0.371 e. The molecule has 2 heterocycles. The molecule has 0 saturated carbocycles. The average Bonchev–Trinajstić information content (AvgIpc) is 2.80. The molecule has 2 saturated heterocycles. The van der Waals surface area contributed by atoms with Gasteiger partial charge in [0.25, 0.3) is 0 Å². The van der Waals surface area contributed by atoms with Crippen molar-refractivity contribution in [2.75, 3.05) is 6.61 Å². The van der Waals surface area contributed by atoms with E-state index in [2.05, 4.69) is 55.4 Å². The van der Waals surface area contributed by atoms with Crippen LogP contribution in [0.4, 0.5) is 0 Å². The van der Waals surface area contributed by atoms with Crippen LogP contribution in [-0.2, 0) is 9.47 Å². The molecular formula is C20H38O2. The van der Waals surface area contributed by atoms with Gasteiger partial charge in [-0.1, -0.05) is 55.4 Å². The molecule has 0 aliphatic carbocycles. The molecule has 2 heteroatoms. The van der Waals surface area contributed by atoms with Crippen LogP contribution >= 0.6 is 0 Å². The Kier molecular flexibility index (Phi) is 5.06. The lowest BCUT2D eigenvalue weighted by atomic mass is 9.72. The normalized spacial score (nSPS) is 31.1. The van der Waals surface area contributed by atoms with Gasteiger partial charge in [0, 0.05) is 0 Å². The molecular weight excluding hydrogens is 272 g/mol. The molecule has 0 aromatic rings. The summed E-state index contributed by atoms with van der Waals surface area (Å²) < 4.78 is 13.4. The minimum absolute atomic E-state index is 0.0260. The molecule has 130 valence electrons. The van der Waals surface area contributed by atoms with E-state index in [0.29, 0.717) is 23.7 Å². The van der Waals surface area contributed by atoms with Crippen molar-refractivity contribution in [3.63, 3.8) is 0 Å². The predicted molar refractivity (Wildman–Crippen MR) is 93.1 cm³/mol. The molecule has 1 spiro atoms. The van der Waals surface area contributed by atoms with E-state index < -0.39 is 0 Å². The lowest BCUT2D eigenvalue weighted by Gasteiger charge is -2.50.